The molecule has 0 bridgehead atoms. The van der Waals surface area contributed by atoms with Crippen LogP contribution < -0.4 is 0 Å². The number of unbranched alkanes of at least 4 members (excludes halogenated alkanes) is 10. The van der Waals surface area contributed by atoms with Crippen LogP contribution in [0.3, 0.4) is 0 Å². The van der Waals surface area contributed by atoms with Crippen molar-refractivity contribution in [1.82, 2.24) is 0 Å². The predicted octanol–water partition coefficient (Wildman–Crippen LogP) is 5.99. The lowest BCUT2D eigenvalue weighted by molar-refractivity contribution is -0.145. The lowest BCUT2D eigenvalue weighted by Crippen LogP contribution is -2.31. The molecule has 2 atom stereocenters. The first-order chi connectivity index (χ1) is 13.2. The van der Waals surface area contributed by atoms with Crippen molar-refractivity contribution in [3.63, 3.8) is 0 Å². The van der Waals surface area contributed by atoms with E-state index in [0.717, 1.165) is 24.8 Å². The zero-order valence-electron chi connectivity index (χ0n) is 16.7. The van der Waals surface area contributed by atoms with Gasteiger partial charge >= 0.3 is 5.97 Å². The number of carbonyl (C=O) groups is 1. The summed E-state index contributed by atoms with van der Waals surface area (Å²) in [7, 11) is 0. The van der Waals surface area contributed by atoms with Crippen molar-refractivity contribution in [2.24, 2.45) is 4.99 Å². The van der Waals surface area contributed by atoms with Gasteiger partial charge in [0.1, 0.15) is 6.04 Å². The van der Waals surface area contributed by atoms with Gasteiger partial charge in [-0.2, -0.15) is 0 Å². The van der Waals surface area contributed by atoms with Gasteiger partial charge in [0, 0.05) is 5.56 Å². The Kier molecular flexibility index (Phi) is 9.96. The van der Waals surface area contributed by atoms with Gasteiger partial charge in [-0.1, -0.05) is 95.8 Å². The van der Waals surface area contributed by atoms with Gasteiger partial charge in [-0.05, 0) is 18.6 Å². The van der Waals surface area contributed by atoms with E-state index < -0.39 is 12.1 Å². The van der Waals surface area contributed by atoms with Crippen LogP contribution in [0, 0.1) is 0 Å². The fourth-order valence-corrected chi connectivity index (χ4v) is 3.62. The standard InChI is InChI=1S/C23H35NO3/c1-2-3-4-5-6-7-8-9-10-11-15-18-20-21(23(25)26)27-22(24-20)19-16-13-12-14-17-19/h12-14,16-17,20-21H,2-11,15,18H2,1H3,(H,25,26)/t20-,21-/m0/s1. The summed E-state index contributed by atoms with van der Waals surface area (Å²) in [6.07, 6.45) is 14.1. The van der Waals surface area contributed by atoms with Crippen molar-refractivity contribution in [3.05, 3.63) is 35.9 Å². The van der Waals surface area contributed by atoms with E-state index in [-0.39, 0.29) is 6.04 Å². The molecule has 0 saturated carbocycles. The minimum atomic E-state index is -0.919. The molecule has 4 heteroatoms. The van der Waals surface area contributed by atoms with Crippen molar-refractivity contribution < 1.29 is 14.6 Å². The van der Waals surface area contributed by atoms with Crippen LogP contribution in [0.15, 0.2) is 35.3 Å². The molecule has 1 N–H and O–H groups in total. The van der Waals surface area contributed by atoms with E-state index in [1.165, 1.54) is 57.8 Å². The van der Waals surface area contributed by atoms with E-state index in [9.17, 15) is 9.90 Å². The van der Waals surface area contributed by atoms with Gasteiger partial charge in [0.05, 0.1) is 0 Å². The van der Waals surface area contributed by atoms with Gasteiger partial charge in [-0.25, -0.2) is 9.79 Å². The maximum Gasteiger partial charge on any atom is 0.347 e. The van der Waals surface area contributed by atoms with E-state index >= 15 is 0 Å². The Morgan fingerprint density at radius 3 is 2.04 bits per heavy atom. The van der Waals surface area contributed by atoms with E-state index in [1.54, 1.807) is 0 Å². The predicted molar refractivity (Wildman–Crippen MR) is 110 cm³/mol. The summed E-state index contributed by atoms with van der Waals surface area (Å²) < 4.78 is 5.62. The molecule has 1 heterocycles. The van der Waals surface area contributed by atoms with E-state index in [2.05, 4.69) is 11.9 Å². The lowest BCUT2D eigenvalue weighted by atomic mass is 10.0. The first kappa shape index (κ1) is 21.5. The molecule has 4 nitrogen and oxygen atoms in total. The van der Waals surface area contributed by atoms with E-state index in [1.807, 2.05) is 30.3 Å². The number of aliphatic imine (C=N–C) groups is 1. The molecule has 2 rings (SSSR count). The second-order valence-electron chi connectivity index (χ2n) is 7.57. The van der Waals surface area contributed by atoms with Crippen LogP contribution in [0.1, 0.15) is 89.5 Å². The maximum absolute atomic E-state index is 11.5. The van der Waals surface area contributed by atoms with Crippen LogP contribution >= 0.6 is 0 Å². The normalized spacial score (nSPS) is 18.9. The van der Waals surface area contributed by atoms with Crippen LogP contribution in [0.2, 0.25) is 0 Å². The topological polar surface area (TPSA) is 58.9 Å². The second-order valence-corrected chi connectivity index (χ2v) is 7.57. The Bertz CT molecular complexity index is 570. The SMILES string of the molecule is CCCCCCCCCCCCC[C@@H]1N=C(c2ccccc2)O[C@@H]1C(=O)O. The van der Waals surface area contributed by atoms with Crippen molar-refractivity contribution in [3.8, 4) is 0 Å². The summed E-state index contributed by atoms with van der Waals surface area (Å²) in [6.45, 7) is 2.25. The number of hydrogen-bond donors (Lipinski definition) is 1. The van der Waals surface area contributed by atoms with Gasteiger partial charge in [-0.3, -0.25) is 0 Å². The molecule has 1 aliphatic heterocycles. The molecule has 0 amide bonds. The first-order valence-electron chi connectivity index (χ1n) is 10.7. The highest BCUT2D eigenvalue weighted by atomic mass is 16.5. The van der Waals surface area contributed by atoms with Crippen LogP contribution in [0.25, 0.3) is 0 Å². The molecule has 150 valence electrons. The number of nitrogens with zero attached hydrogens (tertiary/aromatic N) is 1. The number of carboxylic acid groups (broad SMARTS) is 1. The Balaban J connectivity index is 1.62. The van der Waals surface area contributed by atoms with Gasteiger partial charge in [-0.15, -0.1) is 0 Å². The highest BCUT2D eigenvalue weighted by Crippen LogP contribution is 2.23. The zero-order valence-corrected chi connectivity index (χ0v) is 16.7. The molecule has 0 saturated heterocycles. The minimum Gasteiger partial charge on any atom is -0.478 e. The first-order valence-corrected chi connectivity index (χ1v) is 10.7. The molecular weight excluding hydrogens is 338 g/mol. The minimum absolute atomic E-state index is 0.267. The fourth-order valence-electron chi connectivity index (χ4n) is 3.62. The quantitative estimate of drug-likeness (QED) is 0.408. The van der Waals surface area contributed by atoms with E-state index in [0.29, 0.717) is 5.90 Å². The summed E-state index contributed by atoms with van der Waals surface area (Å²) in [5.74, 6) is -0.450. The van der Waals surface area contributed by atoms with Crippen molar-refractivity contribution in [1.29, 1.82) is 0 Å². The molecule has 0 spiro atoms. The Morgan fingerprint density at radius 2 is 1.48 bits per heavy atom. The highest BCUT2D eigenvalue weighted by molar-refractivity contribution is 5.97. The van der Waals surface area contributed by atoms with Crippen molar-refractivity contribution >= 4 is 11.9 Å². The maximum atomic E-state index is 11.5. The number of ether oxygens (including phenoxy) is 1. The monoisotopic (exact) mass is 373 g/mol. The Hall–Kier alpha value is -1.84. The second kappa shape index (κ2) is 12.5. The highest BCUT2D eigenvalue weighted by Gasteiger charge is 2.36. The van der Waals surface area contributed by atoms with Gasteiger partial charge < -0.3 is 9.84 Å². The molecule has 0 unspecified atom stereocenters. The number of hydrogen-bond acceptors (Lipinski definition) is 3. The van der Waals surface area contributed by atoms with Crippen LogP contribution in [-0.2, 0) is 9.53 Å². The summed E-state index contributed by atoms with van der Waals surface area (Å²) in [5, 5.41) is 9.43. The van der Waals surface area contributed by atoms with Gasteiger partial charge in [0.25, 0.3) is 0 Å². The number of rotatable bonds is 14. The summed E-state index contributed by atoms with van der Waals surface area (Å²) in [4.78, 5) is 16.0. The smallest absolute Gasteiger partial charge is 0.347 e. The average molecular weight is 374 g/mol. The van der Waals surface area contributed by atoms with Crippen molar-refractivity contribution in [2.75, 3.05) is 0 Å². The molecule has 0 aromatic heterocycles. The Morgan fingerprint density at radius 1 is 0.926 bits per heavy atom. The molecular formula is C23H35NO3. The summed E-state index contributed by atoms with van der Waals surface area (Å²) >= 11 is 0. The molecule has 1 aliphatic rings. The summed E-state index contributed by atoms with van der Waals surface area (Å²) in [6, 6.07) is 9.29. The molecule has 1 aromatic rings. The third-order valence-corrected chi connectivity index (χ3v) is 5.24. The van der Waals surface area contributed by atoms with Crippen LogP contribution in [0.4, 0.5) is 0 Å². The zero-order chi connectivity index (χ0) is 19.3. The van der Waals surface area contributed by atoms with E-state index in [4.69, 9.17) is 4.74 Å². The van der Waals surface area contributed by atoms with Crippen LogP contribution in [0.5, 0.6) is 0 Å². The van der Waals surface area contributed by atoms with Gasteiger partial charge in [0.2, 0.25) is 12.0 Å². The van der Waals surface area contributed by atoms with Crippen molar-refractivity contribution in [2.45, 2.75) is 96.1 Å². The molecule has 1 aromatic carbocycles. The van der Waals surface area contributed by atoms with Gasteiger partial charge in [0.15, 0.2) is 0 Å². The fraction of sp³-hybridized carbons (Fsp3) is 0.652. The molecule has 0 aliphatic carbocycles. The lowest BCUT2D eigenvalue weighted by Gasteiger charge is -2.13. The average Bonchev–Trinajstić information content (AvgIpc) is 3.11. The third kappa shape index (κ3) is 7.74. The molecule has 27 heavy (non-hydrogen) atoms. The number of aliphatic carboxylic acids is 1. The third-order valence-electron chi connectivity index (χ3n) is 5.24. The molecule has 0 fully saturated rings. The number of carboxylic acids is 1. The number of benzene rings is 1. The summed E-state index contributed by atoms with van der Waals surface area (Å²) in [5.41, 5.74) is 0.852. The Labute approximate surface area is 164 Å². The van der Waals surface area contributed by atoms with Crippen LogP contribution in [-0.4, -0.2) is 29.1 Å². The molecule has 0 radical (unpaired) electrons. The largest absolute Gasteiger partial charge is 0.478 e.